The molecule has 1 fully saturated rings. The molecule has 0 unspecified atom stereocenters. The molecule has 0 atom stereocenters. The van der Waals surface area contributed by atoms with Crippen molar-refractivity contribution in [2.75, 3.05) is 18.8 Å². The van der Waals surface area contributed by atoms with E-state index in [0.29, 0.717) is 0 Å². The van der Waals surface area contributed by atoms with Gasteiger partial charge in [0.15, 0.2) is 11.6 Å². The second-order valence-corrected chi connectivity index (χ2v) is 4.82. The van der Waals surface area contributed by atoms with E-state index in [1.54, 1.807) is 17.8 Å². The molecule has 1 aromatic carbocycles. The molecule has 1 aromatic rings. The van der Waals surface area contributed by atoms with Crippen LogP contribution in [0.25, 0.3) is 0 Å². The van der Waals surface area contributed by atoms with Crippen LogP contribution >= 0.6 is 11.8 Å². The third kappa shape index (κ3) is 2.92. The van der Waals surface area contributed by atoms with Gasteiger partial charge in [-0.05, 0) is 42.5 Å². The Morgan fingerprint density at radius 2 is 2.07 bits per heavy atom. The van der Waals surface area contributed by atoms with Gasteiger partial charge in [-0.2, -0.15) is 11.8 Å². The summed E-state index contributed by atoms with van der Waals surface area (Å²) in [4.78, 5) is 0. The van der Waals surface area contributed by atoms with Crippen LogP contribution < -0.4 is 5.32 Å². The third-order valence-corrected chi connectivity index (χ3v) is 3.72. The van der Waals surface area contributed by atoms with Crippen LogP contribution in [-0.4, -0.2) is 18.8 Å². The molecule has 0 saturated carbocycles. The van der Waals surface area contributed by atoms with Gasteiger partial charge in [0.2, 0.25) is 0 Å². The van der Waals surface area contributed by atoms with E-state index in [2.05, 4.69) is 5.32 Å². The molecular weight excluding hydrogens is 216 g/mol. The monoisotopic (exact) mass is 229 g/mol. The summed E-state index contributed by atoms with van der Waals surface area (Å²) in [6.45, 7) is 2.18. The summed E-state index contributed by atoms with van der Waals surface area (Å²) in [6, 6.07) is 4.11. The number of benzene rings is 1. The van der Waals surface area contributed by atoms with Crippen LogP contribution in [-0.2, 0) is 5.75 Å². The van der Waals surface area contributed by atoms with Crippen LogP contribution in [0.3, 0.4) is 0 Å². The highest BCUT2D eigenvalue weighted by atomic mass is 32.2. The van der Waals surface area contributed by atoms with Gasteiger partial charge in [0, 0.05) is 5.75 Å². The van der Waals surface area contributed by atoms with E-state index >= 15 is 0 Å². The summed E-state index contributed by atoms with van der Waals surface area (Å²) in [5.41, 5.74) is 0.853. The number of thioether (sulfide) groups is 1. The van der Waals surface area contributed by atoms with Crippen molar-refractivity contribution in [3.63, 3.8) is 0 Å². The molecule has 1 saturated heterocycles. The fourth-order valence-corrected chi connectivity index (χ4v) is 2.54. The van der Waals surface area contributed by atoms with Crippen LogP contribution in [0, 0.1) is 17.6 Å². The van der Waals surface area contributed by atoms with Crippen molar-refractivity contribution in [3.8, 4) is 0 Å². The zero-order chi connectivity index (χ0) is 10.7. The maximum absolute atomic E-state index is 12.8. The van der Waals surface area contributed by atoms with Gasteiger partial charge in [0.05, 0.1) is 0 Å². The number of rotatable bonds is 4. The van der Waals surface area contributed by atoms with E-state index in [1.807, 2.05) is 0 Å². The average molecular weight is 229 g/mol. The molecule has 4 heteroatoms. The van der Waals surface area contributed by atoms with Gasteiger partial charge in [0.25, 0.3) is 0 Å². The van der Waals surface area contributed by atoms with Crippen molar-refractivity contribution in [2.24, 2.45) is 5.92 Å². The Balaban J connectivity index is 1.79. The fraction of sp³-hybridized carbons (Fsp3) is 0.455. The standard InChI is InChI=1S/C11H13F2NS/c12-10-2-1-8(3-11(10)13)6-15-7-9-4-14-5-9/h1-3,9,14H,4-7H2. The van der Waals surface area contributed by atoms with Gasteiger partial charge in [-0.1, -0.05) is 6.07 Å². The van der Waals surface area contributed by atoms with Crippen molar-refractivity contribution < 1.29 is 8.78 Å². The number of hydrogen-bond acceptors (Lipinski definition) is 2. The van der Waals surface area contributed by atoms with E-state index in [9.17, 15) is 8.78 Å². The molecule has 1 heterocycles. The van der Waals surface area contributed by atoms with Crippen LogP contribution in [0.4, 0.5) is 8.78 Å². The van der Waals surface area contributed by atoms with E-state index in [1.165, 1.54) is 12.1 Å². The Labute approximate surface area is 92.3 Å². The Kier molecular flexibility index (Phi) is 3.59. The maximum atomic E-state index is 12.8. The molecule has 2 rings (SSSR count). The zero-order valence-corrected chi connectivity index (χ0v) is 9.12. The number of nitrogens with one attached hydrogen (secondary N) is 1. The highest BCUT2D eigenvalue weighted by Gasteiger charge is 2.16. The molecule has 82 valence electrons. The van der Waals surface area contributed by atoms with Crippen LogP contribution in [0.15, 0.2) is 18.2 Å². The summed E-state index contributed by atoms with van der Waals surface area (Å²) in [6.07, 6.45) is 0. The smallest absolute Gasteiger partial charge is 0.159 e. The fourth-order valence-electron chi connectivity index (χ4n) is 1.44. The number of hydrogen-bond donors (Lipinski definition) is 1. The van der Waals surface area contributed by atoms with Gasteiger partial charge in [-0.3, -0.25) is 0 Å². The summed E-state index contributed by atoms with van der Waals surface area (Å²) in [5, 5.41) is 3.20. The van der Waals surface area contributed by atoms with E-state index < -0.39 is 11.6 Å². The van der Waals surface area contributed by atoms with Gasteiger partial charge in [-0.15, -0.1) is 0 Å². The minimum atomic E-state index is -0.771. The average Bonchev–Trinajstić information content (AvgIpc) is 2.15. The lowest BCUT2D eigenvalue weighted by Crippen LogP contribution is -2.43. The third-order valence-electron chi connectivity index (χ3n) is 2.47. The Morgan fingerprint density at radius 1 is 1.27 bits per heavy atom. The van der Waals surface area contributed by atoms with E-state index in [4.69, 9.17) is 0 Å². The molecule has 1 nitrogen and oxygen atoms in total. The van der Waals surface area contributed by atoms with Crippen molar-refractivity contribution in [2.45, 2.75) is 5.75 Å². The predicted molar refractivity (Wildman–Crippen MR) is 58.9 cm³/mol. The minimum Gasteiger partial charge on any atom is -0.316 e. The molecular formula is C11H13F2NS. The zero-order valence-electron chi connectivity index (χ0n) is 8.30. The lowest BCUT2D eigenvalue weighted by molar-refractivity contribution is 0.385. The first kappa shape index (κ1) is 10.9. The van der Waals surface area contributed by atoms with Crippen LogP contribution in [0.1, 0.15) is 5.56 Å². The molecule has 1 aliphatic heterocycles. The number of halogens is 2. The maximum Gasteiger partial charge on any atom is 0.159 e. The molecule has 15 heavy (non-hydrogen) atoms. The molecule has 0 aromatic heterocycles. The SMILES string of the molecule is Fc1ccc(CSCC2CNC2)cc1F. The minimum absolute atomic E-state index is 0.750. The van der Waals surface area contributed by atoms with Crippen molar-refractivity contribution in [3.05, 3.63) is 35.4 Å². The summed E-state index contributed by atoms with van der Waals surface area (Å²) in [5.74, 6) is 1.07. The van der Waals surface area contributed by atoms with Gasteiger partial charge >= 0.3 is 0 Å². The van der Waals surface area contributed by atoms with Crippen LogP contribution in [0.5, 0.6) is 0 Å². The first-order valence-corrected chi connectivity index (χ1v) is 6.13. The molecule has 0 radical (unpaired) electrons. The Hall–Kier alpha value is -0.610. The summed E-state index contributed by atoms with van der Waals surface area (Å²) >= 11 is 1.78. The van der Waals surface area contributed by atoms with Gasteiger partial charge in [0.1, 0.15) is 0 Å². The second-order valence-electron chi connectivity index (χ2n) is 3.79. The van der Waals surface area contributed by atoms with Gasteiger partial charge < -0.3 is 5.32 Å². The van der Waals surface area contributed by atoms with E-state index in [0.717, 1.165) is 36.1 Å². The van der Waals surface area contributed by atoms with Crippen molar-refractivity contribution in [1.29, 1.82) is 0 Å². The van der Waals surface area contributed by atoms with Crippen molar-refractivity contribution >= 4 is 11.8 Å². The van der Waals surface area contributed by atoms with Gasteiger partial charge in [-0.25, -0.2) is 8.78 Å². The predicted octanol–water partition coefficient (Wildman–Crippen LogP) is 2.42. The quantitative estimate of drug-likeness (QED) is 0.851. The van der Waals surface area contributed by atoms with E-state index in [-0.39, 0.29) is 0 Å². The summed E-state index contributed by atoms with van der Waals surface area (Å²) < 4.78 is 25.5. The highest BCUT2D eigenvalue weighted by molar-refractivity contribution is 7.98. The topological polar surface area (TPSA) is 12.0 Å². The first-order chi connectivity index (χ1) is 7.25. The van der Waals surface area contributed by atoms with Crippen molar-refractivity contribution in [1.82, 2.24) is 5.32 Å². The molecule has 0 bridgehead atoms. The Bertz CT molecular complexity index is 339. The molecule has 0 amide bonds. The molecule has 1 aliphatic rings. The molecule has 0 spiro atoms. The molecule has 1 N–H and O–H groups in total. The first-order valence-electron chi connectivity index (χ1n) is 4.98. The Morgan fingerprint density at radius 3 is 2.67 bits per heavy atom. The largest absolute Gasteiger partial charge is 0.316 e. The van der Waals surface area contributed by atoms with Crippen LogP contribution in [0.2, 0.25) is 0 Å². The lowest BCUT2D eigenvalue weighted by Gasteiger charge is -2.26. The second kappa shape index (κ2) is 4.94. The lowest BCUT2D eigenvalue weighted by atomic mass is 10.1. The normalized spacial score (nSPS) is 16.4. The molecule has 0 aliphatic carbocycles. The highest BCUT2D eigenvalue weighted by Crippen LogP contribution is 2.19. The summed E-state index contributed by atoms with van der Waals surface area (Å²) in [7, 11) is 0.